The number of hydrogen-bond acceptors (Lipinski definition) is 12. The number of rotatable bonds is 39. The number of carbonyl (C=O) groups excluding carboxylic acids is 5. The van der Waals surface area contributed by atoms with E-state index >= 15 is 0 Å². The van der Waals surface area contributed by atoms with Crippen LogP contribution in [0.3, 0.4) is 0 Å². The standard InChI is InChI=1S/C39H68N4O9/c1-33(44)31-51-27-25-49-23-16-19-38(47)32-52-28-26-50-24-22-40-39(48)21-20-35(34(2)45)29-37(46)18-15-13-11-9-7-5-3-4-6-8-10-12-14-17-36-30-41-43-42-36/h35H,3-32H2,1-2H3,(H,40,48)/t35-/m1/s1. The molecule has 0 saturated carbocycles. The summed E-state index contributed by atoms with van der Waals surface area (Å²) in [6.07, 6.45) is 19.1. The molecule has 0 spiro atoms. The number of unbranched alkanes of at least 4 members (excludes halogenated alkanes) is 12. The SMILES string of the molecule is CC(=O)COCCOCCCC(=O)COCCOCCNC(=O)CC[C@H](CC(=O)CCCCCCCCCCCCCCCC1=NN=NC1)C(C)=O. The van der Waals surface area contributed by atoms with Crippen molar-refractivity contribution in [2.75, 3.05) is 65.9 Å². The third-order valence-electron chi connectivity index (χ3n) is 8.82. The summed E-state index contributed by atoms with van der Waals surface area (Å²) >= 11 is 0. The molecular formula is C39H68N4O9. The maximum atomic E-state index is 12.5. The van der Waals surface area contributed by atoms with Gasteiger partial charge in [0.05, 0.1) is 38.7 Å². The Balaban J connectivity index is 1.90. The van der Waals surface area contributed by atoms with Gasteiger partial charge in [0.2, 0.25) is 5.91 Å². The lowest BCUT2D eigenvalue weighted by Crippen LogP contribution is -2.28. The van der Waals surface area contributed by atoms with Gasteiger partial charge < -0.3 is 24.3 Å². The summed E-state index contributed by atoms with van der Waals surface area (Å²) < 4.78 is 21.2. The third kappa shape index (κ3) is 30.8. The number of hydrogen-bond donors (Lipinski definition) is 1. The van der Waals surface area contributed by atoms with Crippen molar-refractivity contribution in [2.24, 2.45) is 21.4 Å². The minimum absolute atomic E-state index is 0.0108. The average molecular weight is 737 g/mol. The van der Waals surface area contributed by atoms with Crippen LogP contribution in [0.4, 0.5) is 0 Å². The van der Waals surface area contributed by atoms with Crippen LogP contribution in [0.2, 0.25) is 0 Å². The molecule has 52 heavy (non-hydrogen) atoms. The highest BCUT2D eigenvalue weighted by atomic mass is 16.5. The first-order chi connectivity index (χ1) is 25.3. The van der Waals surface area contributed by atoms with Crippen LogP contribution >= 0.6 is 0 Å². The number of nitrogens with zero attached hydrogens (tertiary/aromatic N) is 3. The maximum absolute atomic E-state index is 12.5. The fourth-order valence-electron chi connectivity index (χ4n) is 5.73. The highest BCUT2D eigenvalue weighted by Crippen LogP contribution is 2.17. The molecule has 1 heterocycles. The molecule has 0 aliphatic carbocycles. The lowest BCUT2D eigenvalue weighted by atomic mass is 9.91. The van der Waals surface area contributed by atoms with E-state index in [0.717, 1.165) is 31.4 Å². The number of amides is 1. The Morgan fingerprint density at radius 1 is 0.615 bits per heavy atom. The van der Waals surface area contributed by atoms with Crippen molar-refractivity contribution in [2.45, 2.75) is 142 Å². The summed E-state index contributed by atoms with van der Waals surface area (Å²) in [6.45, 7) is 6.11. The van der Waals surface area contributed by atoms with Gasteiger partial charge in [-0.15, -0.1) is 5.10 Å². The zero-order valence-corrected chi connectivity index (χ0v) is 32.3. The number of nitrogens with one attached hydrogen (secondary N) is 1. The van der Waals surface area contributed by atoms with Gasteiger partial charge in [-0.3, -0.25) is 24.0 Å². The van der Waals surface area contributed by atoms with E-state index in [-0.39, 0.29) is 61.7 Å². The quantitative estimate of drug-likeness (QED) is 0.0673. The number of carbonyl (C=O) groups is 5. The fraction of sp³-hybridized carbons (Fsp3) is 0.846. The zero-order chi connectivity index (χ0) is 37.9. The van der Waals surface area contributed by atoms with E-state index in [1.165, 1.54) is 78.1 Å². The van der Waals surface area contributed by atoms with E-state index in [0.29, 0.717) is 71.8 Å². The van der Waals surface area contributed by atoms with Gasteiger partial charge in [-0.1, -0.05) is 70.6 Å². The summed E-state index contributed by atoms with van der Waals surface area (Å²) in [4.78, 5) is 59.5. The first-order valence-corrected chi connectivity index (χ1v) is 19.8. The van der Waals surface area contributed by atoms with Crippen LogP contribution < -0.4 is 5.32 Å². The van der Waals surface area contributed by atoms with E-state index in [1.807, 2.05) is 0 Å². The average Bonchev–Trinajstić information content (AvgIpc) is 3.64. The maximum Gasteiger partial charge on any atom is 0.220 e. The van der Waals surface area contributed by atoms with E-state index < -0.39 is 5.92 Å². The summed E-state index contributed by atoms with van der Waals surface area (Å²) in [5.41, 5.74) is 1.12. The Bertz CT molecular complexity index is 1050. The van der Waals surface area contributed by atoms with Gasteiger partial charge in [0, 0.05) is 44.8 Å². The van der Waals surface area contributed by atoms with Gasteiger partial charge in [-0.2, -0.15) is 5.11 Å². The number of Topliss-reactive ketones (excluding diaryl/α,β-unsaturated/α-hetero) is 4. The van der Waals surface area contributed by atoms with Crippen molar-refractivity contribution in [3.05, 3.63) is 0 Å². The Morgan fingerprint density at radius 3 is 1.77 bits per heavy atom. The molecule has 1 N–H and O–H groups in total. The molecule has 1 aliphatic rings. The minimum atomic E-state index is -0.417. The van der Waals surface area contributed by atoms with Crippen LogP contribution in [0.15, 0.2) is 15.4 Å². The predicted octanol–water partition coefficient (Wildman–Crippen LogP) is 6.73. The molecule has 13 heteroatoms. The van der Waals surface area contributed by atoms with E-state index in [9.17, 15) is 24.0 Å². The lowest BCUT2D eigenvalue weighted by molar-refractivity contribution is -0.128. The predicted molar refractivity (Wildman–Crippen MR) is 201 cm³/mol. The molecule has 298 valence electrons. The van der Waals surface area contributed by atoms with Crippen molar-refractivity contribution < 1.29 is 42.9 Å². The molecule has 13 nitrogen and oxygen atoms in total. The van der Waals surface area contributed by atoms with E-state index in [4.69, 9.17) is 18.9 Å². The summed E-state index contributed by atoms with van der Waals surface area (Å²) in [6, 6.07) is 0. The van der Waals surface area contributed by atoms with Crippen molar-refractivity contribution in [3.63, 3.8) is 0 Å². The first-order valence-electron chi connectivity index (χ1n) is 19.8. The highest BCUT2D eigenvalue weighted by molar-refractivity contribution is 5.87. The second-order valence-electron chi connectivity index (χ2n) is 13.8. The topological polar surface area (TPSA) is 171 Å². The molecule has 1 amide bonds. The van der Waals surface area contributed by atoms with Gasteiger partial charge in [-0.05, 0) is 51.2 Å². The second-order valence-corrected chi connectivity index (χ2v) is 13.8. The molecule has 1 rings (SSSR count). The van der Waals surface area contributed by atoms with Gasteiger partial charge in [-0.25, -0.2) is 0 Å². The van der Waals surface area contributed by atoms with Crippen LogP contribution in [0, 0.1) is 5.92 Å². The Kier molecular flexibility index (Phi) is 31.0. The van der Waals surface area contributed by atoms with E-state index in [2.05, 4.69) is 20.8 Å². The van der Waals surface area contributed by atoms with Crippen LogP contribution in [-0.2, 0) is 42.9 Å². The first kappa shape index (κ1) is 47.3. The Labute approximate surface area is 312 Å². The van der Waals surface area contributed by atoms with Crippen LogP contribution in [0.25, 0.3) is 0 Å². The lowest BCUT2D eigenvalue weighted by Gasteiger charge is -2.13. The van der Waals surface area contributed by atoms with Crippen LogP contribution in [-0.4, -0.2) is 101 Å². The smallest absolute Gasteiger partial charge is 0.220 e. The normalized spacial score (nSPS) is 12.9. The molecule has 0 aromatic rings. The molecule has 0 fully saturated rings. The monoisotopic (exact) mass is 736 g/mol. The van der Waals surface area contributed by atoms with Crippen LogP contribution in [0.1, 0.15) is 142 Å². The molecule has 0 bridgehead atoms. The molecular weight excluding hydrogens is 668 g/mol. The second kappa shape index (κ2) is 34.1. The summed E-state index contributed by atoms with van der Waals surface area (Å²) in [5, 5.41) is 14.4. The van der Waals surface area contributed by atoms with E-state index in [1.54, 1.807) is 0 Å². The van der Waals surface area contributed by atoms with Crippen molar-refractivity contribution >= 4 is 34.8 Å². The van der Waals surface area contributed by atoms with Gasteiger partial charge >= 0.3 is 0 Å². The third-order valence-corrected chi connectivity index (χ3v) is 8.82. The molecule has 1 aliphatic heterocycles. The van der Waals surface area contributed by atoms with Crippen molar-refractivity contribution in [3.8, 4) is 0 Å². The van der Waals surface area contributed by atoms with Crippen LogP contribution in [0.5, 0.6) is 0 Å². The van der Waals surface area contributed by atoms with Crippen molar-refractivity contribution in [1.82, 2.24) is 5.32 Å². The molecule has 0 aromatic carbocycles. The highest BCUT2D eigenvalue weighted by Gasteiger charge is 2.19. The Hall–Kier alpha value is -2.74. The minimum Gasteiger partial charge on any atom is -0.379 e. The van der Waals surface area contributed by atoms with Gasteiger partial charge in [0.1, 0.15) is 31.3 Å². The van der Waals surface area contributed by atoms with Crippen molar-refractivity contribution in [1.29, 1.82) is 0 Å². The van der Waals surface area contributed by atoms with Gasteiger partial charge in [0.15, 0.2) is 11.6 Å². The number of ether oxygens (including phenoxy) is 4. The molecule has 0 aromatic heterocycles. The summed E-state index contributed by atoms with van der Waals surface area (Å²) in [5.74, 6) is -0.583. The molecule has 0 saturated heterocycles. The molecule has 0 unspecified atom stereocenters. The molecule has 1 atom stereocenters. The molecule has 0 radical (unpaired) electrons. The Morgan fingerprint density at radius 2 is 1.17 bits per heavy atom. The fourth-order valence-corrected chi connectivity index (χ4v) is 5.73. The number of ketones is 4. The van der Waals surface area contributed by atoms with Gasteiger partial charge in [0.25, 0.3) is 0 Å². The largest absolute Gasteiger partial charge is 0.379 e. The zero-order valence-electron chi connectivity index (χ0n) is 32.3. The summed E-state index contributed by atoms with van der Waals surface area (Å²) in [7, 11) is 0.